The van der Waals surface area contributed by atoms with Gasteiger partial charge < -0.3 is 11.5 Å². The van der Waals surface area contributed by atoms with Gasteiger partial charge in [-0.05, 0) is 73.0 Å². The standard InChI is InChI=1S/C24H26N4O3/c1-15(27-13-29)17-5-7-21-19(11-17)3-4-20-12-18(16(2)28-14-30)6-8-22(20)24(21,9-10-25)23(26)31/h5-8,11-12,15-16H,3-4,9-10,25H2,1-2H3,(H2,26,31). The third kappa shape index (κ3) is 3.99. The number of carbonyl (C=O) groups is 1. The Bertz CT molecular complexity index is 1020. The number of aryl methyl sites for hydroxylation is 2. The highest BCUT2D eigenvalue weighted by molar-refractivity contribution is 5.92. The summed E-state index contributed by atoms with van der Waals surface area (Å²) in [6.07, 6.45) is 4.94. The zero-order valence-corrected chi connectivity index (χ0v) is 17.7. The Balaban J connectivity index is 2.25. The van der Waals surface area contributed by atoms with Gasteiger partial charge in [0.1, 0.15) is 5.41 Å². The summed E-state index contributed by atoms with van der Waals surface area (Å²) in [6.45, 7) is 3.92. The number of hydrogen-bond donors (Lipinski definition) is 2. The molecule has 31 heavy (non-hydrogen) atoms. The zero-order chi connectivity index (χ0) is 22.6. The summed E-state index contributed by atoms with van der Waals surface area (Å²) in [5, 5.41) is 0. The van der Waals surface area contributed by atoms with E-state index in [4.69, 9.17) is 11.5 Å². The maximum Gasteiger partial charge on any atom is 0.235 e. The van der Waals surface area contributed by atoms with Crippen LogP contribution in [0.4, 0.5) is 0 Å². The minimum absolute atomic E-state index is 0.281. The summed E-state index contributed by atoms with van der Waals surface area (Å²) in [5.74, 6) is -0.458. The highest BCUT2D eigenvalue weighted by Crippen LogP contribution is 2.43. The molecule has 4 N–H and O–H groups in total. The van der Waals surface area contributed by atoms with Crippen LogP contribution in [0.25, 0.3) is 0 Å². The average Bonchev–Trinajstić information content (AvgIpc) is 2.89. The molecule has 0 aliphatic heterocycles. The SMILES string of the molecule is CC(N=C=O)c1ccc2c(c1)CCc1cc(C(C)N=C=O)ccc1C2(CCN)C(N)=O. The molecule has 0 spiro atoms. The average molecular weight is 418 g/mol. The molecule has 7 heteroatoms. The highest BCUT2D eigenvalue weighted by atomic mass is 16.1. The van der Waals surface area contributed by atoms with Crippen LogP contribution in [0.15, 0.2) is 46.4 Å². The summed E-state index contributed by atoms with van der Waals surface area (Å²) in [4.78, 5) is 42.0. The van der Waals surface area contributed by atoms with Gasteiger partial charge in [-0.15, -0.1) is 0 Å². The third-order valence-corrected chi connectivity index (χ3v) is 6.24. The van der Waals surface area contributed by atoms with Gasteiger partial charge in [-0.2, -0.15) is 9.98 Å². The Morgan fingerprint density at radius 1 is 0.968 bits per heavy atom. The Kier molecular flexibility index (Phi) is 6.62. The number of rotatable bonds is 7. The van der Waals surface area contributed by atoms with Crippen molar-refractivity contribution >= 4 is 18.1 Å². The van der Waals surface area contributed by atoms with Gasteiger partial charge in [0.15, 0.2) is 0 Å². The summed E-state index contributed by atoms with van der Waals surface area (Å²) < 4.78 is 0. The first-order chi connectivity index (χ1) is 14.9. The summed E-state index contributed by atoms with van der Waals surface area (Å²) >= 11 is 0. The van der Waals surface area contributed by atoms with Crippen LogP contribution in [-0.2, 0) is 32.6 Å². The molecule has 2 aromatic rings. The lowest BCUT2D eigenvalue weighted by molar-refractivity contribution is -0.122. The van der Waals surface area contributed by atoms with E-state index >= 15 is 0 Å². The van der Waals surface area contributed by atoms with Crippen molar-refractivity contribution in [3.8, 4) is 0 Å². The molecule has 1 aliphatic carbocycles. The Hall–Kier alpha value is -3.37. The molecule has 7 nitrogen and oxygen atoms in total. The van der Waals surface area contributed by atoms with E-state index in [1.54, 1.807) is 12.2 Å². The zero-order valence-electron chi connectivity index (χ0n) is 17.7. The van der Waals surface area contributed by atoms with Gasteiger partial charge in [0.2, 0.25) is 18.1 Å². The number of carbonyl (C=O) groups excluding carboxylic acids is 3. The van der Waals surface area contributed by atoms with Crippen LogP contribution in [0.2, 0.25) is 0 Å². The van der Waals surface area contributed by atoms with E-state index in [1.807, 2.05) is 50.2 Å². The fraction of sp³-hybridized carbons (Fsp3) is 0.375. The first-order valence-electron chi connectivity index (χ1n) is 10.3. The van der Waals surface area contributed by atoms with Gasteiger partial charge in [-0.25, -0.2) is 9.59 Å². The van der Waals surface area contributed by atoms with Gasteiger partial charge in [0.05, 0.1) is 12.1 Å². The van der Waals surface area contributed by atoms with Crippen molar-refractivity contribution < 1.29 is 14.4 Å². The number of fused-ring (bicyclic) bond motifs is 2. The highest BCUT2D eigenvalue weighted by Gasteiger charge is 2.44. The minimum atomic E-state index is -1.07. The second-order valence-corrected chi connectivity index (χ2v) is 7.93. The number of nitrogens with two attached hydrogens (primary N) is 2. The van der Waals surface area contributed by atoms with E-state index < -0.39 is 11.3 Å². The molecule has 2 unspecified atom stereocenters. The van der Waals surface area contributed by atoms with Crippen molar-refractivity contribution in [2.24, 2.45) is 21.5 Å². The van der Waals surface area contributed by atoms with Crippen LogP contribution in [0.5, 0.6) is 0 Å². The molecule has 0 saturated heterocycles. The molecule has 2 atom stereocenters. The van der Waals surface area contributed by atoms with Crippen molar-refractivity contribution in [3.63, 3.8) is 0 Å². The topological polar surface area (TPSA) is 128 Å². The fourth-order valence-corrected chi connectivity index (χ4v) is 4.59. The first kappa shape index (κ1) is 22.3. The fourth-order valence-electron chi connectivity index (χ4n) is 4.59. The van der Waals surface area contributed by atoms with Crippen molar-refractivity contribution in [2.45, 2.75) is 50.6 Å². The van der Waals surface area contributed by atoms with Gasteiger partial charge >= 0.3 is 0 Å². The molecule has 3 rings (SSSR count). The second-order valence-electron chi connectivity index (χ2n) is 7.93. The van der Waals surface area contributed by atoms with Crippen molar-refractivity contribution in [1.29, 1.82) is 0 Å². The van der Waals surface area contributed by atoms with Crippen molar-refractivity contribution in [2.75, 3.05) is 6.54 Å². The molecule has 1 aliphatic rings. The molecular weight excluding hydrogens is 392 g/mol. The predicted octanol–water partition coefficient (Wildman–Crippen LogP) is 2.70. The summed E-state index contributed by atoms with van der Waals surface area (Å²) in [5.41, 5.74) is 16.3. The minimum Gasteiger partial charge on any atom is -0.369 e. The van der Waals surface area contributed by atoms with E-state index in [0.717, 1.165) is 33.4 Å². The predicted molar refractivity (Wildman–Crippen MR) is 117 cm³/mol. The lowest BCUT2D eigenvalue weighted by Crippen LogP contribution is -2.44. The van der Waals surface area contributed by atoms with Gasteiger partial charge in [-0.1, -0.05) is 36.4 Å². The molecule has 0 fully saturated rings. The van der Waals surface area contributed by atoms with Crippen molar-refractivity contribution in [1.82, 2.24) is 0 Å². The number of benzene rings is 2. The lowest BCUT2D eigenvalue weighted by atomic mass is 9.69. The van der Waals surface area contributed by atoms with Crippen molar-refractivity contribution in [3.05, 3.63) is 69.8 Å². The van der Waals surface area contributed by atoms with E-state index in [-0.39, 0.29) is 18.6 Å². The largest absolute Gasteiger partial charge is 0.369 e. The number of amides is 1. The lowest BCUT2D eigenvalue weighted by Gasteiger charge is -2.33. The van der Waals surface area contributed by atoms with Crippen LogP contribution in [-0.4, -0.2) is 24.6 Å². The van der Waals surface area contributed by atoms with Gasteiger partial charge in [0.25, 0.3) is 0 Å². The van der Waals surface area contributed by atoms with E-state index in [9.17, 15) is 14.4 Å². The van der Waals surface area contributed by atoms with E-state index in [0.29, 0.717) is 19.3 Å². The number of aliphatic imine (C=N–C) groups is 2. The number of primary amides is 1. The second kappa shape index (κ2) is 9.19. The smallest absolute Gasteiger partial charge is 0.235 e. The Labute approximate surface area is 181 Å². The molecule has 0 aromatic heterocycles. The molecule has 1 amide bonds. The molecule has 160 valence electrons. The van der Waals surface area contributed by atoms with Crippen LogP contribution in [0.3, 0.4) is 0 Å². The molecule has 2 aromatic carbocycles. The molecule has 0 saturated carbocycles. The van der Waals surface area contributed by atoms with E-state index in [1.165, 1.54) is 0 Å². The van der Waals surface area contributed by atoms with Crippen LogP contribution < -0.4 is 11.5 Å². The Morgan fingerprint density at radius 2 is 1.42 bits per heavy atom. The first-order valence-corrected chi connectivity index (χ1v) is 10.3. The molecule has 0 radical (unpaired) electrons. The quantitative estimate of drug-likeness (QED) is 0.529. The van der Waals surface area contributed by atoms with E-state index in [2.05, 4.69) is 9.98 Å². The van der Waals surface area contributed by atoms with Crippen LogP contribution in [0, 0.1) is 0 Å². The van der Waals surface area contributed by atoms with Gasteiger partial charge in [-0.3, -0.25) is 4.79 Å². The third-order valence-electron chi connectivity index (χ3n) is 6.24. The number of hydrogen-bond acceptors (Lipinski definition) is 6. The summed E-state index contributed by atoms with van der Waals surface area (Å²) in [6, 6.07) is 10.9. The maximum atomic E-state index is 13.0. The number of nitrogens with zero attached hydrogens (tertiary/aromatic N) is 2. The monoisotopic (exact) mass is 418 g/mol. The van der Waals surface area contributed by atoms with Crippen LogP contribution >= 0.6 is 0 Å². The number of isocyanates is 2. The molecule has 0 heterocycles. The molecule has 0 bridgehead atoms. The maximum absolute atomic E-state index is 13.0. The summed E-state index contributed by atoms with van der Waals surface area (Å²) in [7, 11) is 0. The van der Waals surface area contributed by atoms with Gasteiger partial charge in [0, 0.05) is 0 Å². The Morgan fingerprint density at radius 3 is 1.77 bits per heavy atom. The molecular formula is C24H26N4O3. The van der Waals surface area contributed by atoms with Crippen LogP contribution in [0.1, 0.15) is 65.7 Å². The normalized spacial score (nSPS) is 18.9.